The first kappa shape index (κ1) is 14.3. The smallest absolute Gasteiger partial charge is 0.150 e. The first-order valence-electron chi connectivity index (χ1n) is 5.99. The average Bonchev–Trinajstić information content (AvgIpc) is 2.48. The van der Waals surface area contributed by atoms with Gasteiger partial charge in [-0.1, -0.05) is 12.7 Å². The molecular formula is C16H13BrO3. The van der Waals surface area contributed by atoms with E-state index in [2.05, 4.69) is 22.5 Å². The quantitative estimate of drug-likeness (QED) is 0.572. The van der Waals surface area contributed by atoms with Gasteiger partial charge in [-0.05, 0) is 52.3 Å². The van der Waals surface area contributed by atoms with Crippen LogP contribution in [0, 0.1) is 0 Å². The Morgan fingerprint density at radius 1 is 1.10 bits per heavy atom. The van der Waals surface area contributed by atoms with Gasteiger partial charge in [0.2, 0.25) is 0 Å². The van der Waals surface area contributed by atoms with Gasteiger partial charge in [0, 0.05) is 11.6 Å². The minimum atomic E-state index is 0.427. The molecule has 0 fully saturated rings. The summed E-state index contributed by atoms with van der Waals surface area (Å²) in [7, 11) is 0. The molecule has 0 aromatic heterocycles. The summed E-state index contributed by atoms with van der Waals surface area (Å²) in [5.74, 6) is 2.01. The van der Waals surface area contributed by atoms with Crippen LogP contribution in [0.2, 0.25) is 0 Å². The molecule has 0 aliphatic rings. The molecule has 102 valence electrons. The molecule has 0 N–H and O–H groups in total. The predicted octanol–water partition coefficient (Wildman–Crippen LogP) is 4.62. The van der Waals surface area contributed by atoms with Crippen molar-refractivity contribution in [2.45, 2.75) is 0 Å². The van der Waals surface area contributed by atoms with Crippen LogP contribution in [0.4, 0.5) is 0 Å². The lowest BCUT2D eigenvalue weighted by molar-refractivity contribution is 0.112. The molecule has 0 bridgehead atoms. The predicted molar refractivity (Wildman–Crippen MR) is 81.7 cm³/mol. The summed E-state index contributed by atoms with van der Waals surface area (Å²) in [5.41, 5.74) is 0.614. The third kappa shape index (κ3) is 3.71. The van der Waals surface area contributed by atoms with Crippen LogP contribution in [0.15, 0.2) is 59.6 Å². The van der Waals surface area contributed by atoms with Crippen LogP contribution in [0.1, 0.15) is 10.4 Å². The number of rotatable bonds is 6. The van der Waals surface area contributed by atoms with Crippen LogP contribution >= 0.6 is 15.9 Å². The van der Waals surface area contributed by atoms with Gasteiger partial charge in [-0.15, -0.1) is 0 Å². The van der Waals surface area contributed by atoms with E-state index in [1.807, 2.05) is 12.1 Å². The van der Waals surface area contributed by atoms with Gasteiger partial charge < -0.3 is 9.47 Å². The number of carbonyl (C=O) groups excluding carboxylic acids is 1. The second-order valence-corrected chi connectivity index (χ2v) is 4.84. The number of hydrogen-bond acceptors (Lipinski definition) is 3. The normalized spacial score (nSPS) is 9.85. The molecule has 2 aromatic carbocycles. The molecule has 0 amide bonds. The van der Waals surface area contributed by atoms with Gasteiger partial charge in [0.05, 0.1) is 4.47 Å². The Morgan fingerprint density at radius 3 is 2.45 bits per heavy atom. The summed E-state index contributed by atoms with van der Waals surface area (Å²) in [6.45, 7) is 4.04. The van der Waals surface area contributed by atoms with E-state index in [1.54, 1.807) is 36.4 Å². The zero-order valence-corrected chi connectivity index (χ0v) is 12.3. The maximum absolute atomic E-state index is 10.6. The Balaban J connectivity index is 2.15. The Morgan fingerprint density at radius 2 is 1.80 bits per heavy atom. The lowest BCUT2D eigenvalue weighted by Crippen LogP contribution is -1.94. The largest absolute Gasteiger partial charge is 0.488 e. The van der Waals surface area contributed by atoms with Crippen molar-refractivity contribution in [1.29, 1.82) is 0 Å². The fourth-order valence-electron chi connectivity index (χ4n) is 1.56. The van der Waals surface area contributed by atoms with Gasteiger partial charge in [-0.25, -0.2) is 0 Å². The van der Waals surface area contributed by atoms with E-state index in [-0.39, 0.29) is 0 Å². The van der Waals surface area contributed by atoms with E-state index in [0.29, 0.717) is 29.4 Å². The highest BCUT2D eigenvalue weighted by atomic mass is 79.9. The van der Waals surface area contributed by atoms with E-state index in [9.17, 15) is 4.79 Å². The standard InChI is InChI=1S/C16H13BrO3/c1-2-9-19-16-10-14(7-8-15(16)17)20-13-5-3-12(11-18)4-6-13/h2-8,10-11H,1,9H2. The molecule has 0 saturated heterocycles. The summed E-state index contributed by atoms with van der Waals surface area (Å²) in [5, 5.41) is 0. The maximum atomic E-state index is 10.6. The van der Waals surface area contributed by atoms with Gasteiger partial charge >= 0.3 is 0 Å². The second-order valence-electron chi connectivity index (χ2n) is 3.98. The van der Waals surface area contributed by atoms with Gasteiger partial charge in [0.15, 0.2) is 0 Å². The molecule has 0 heterocycles. The van der Waals surface area contributed by atoms with E-state index >= 15 is 0 Å². The van der Waals surface area contributed by atoms with Crippen LogP contribution in [0.5, 0.6) is 17.2 Å². The number of benzene rings is 2. The number of hydrogen-bond donors (Lipinski definition) is 0. The van der Waals surface area contributed by atoms with Crippen LogP contribution in [-0.4, -0.2) is 12.9 Å². The monoisotopic (exact) mass is 332 g/mol. The van der Waals surface area contributed by atoms with Gasteiger partial charge in [-0.3, -0.25) is 4.79 Å². The molecular weight excluding hydrogens is 320 g/mol. The number of carbonyl (C=O) groups is 1. The van der Waals surface area contributed by atoms with Crippen molar-refractivity contribution in [2.24, 2.45) is 0 Å². The fourth-order valence-corrected chi connectivity index (χ4v) is 1.92. The third-order valence-corrected chi connectivity index (χ3v) is 3.17. The summed E-state index contributed by atoms with van der Waals surface area (Å²) >= 11 is 3.41. The molecule has 0 aliphatic carbocycles. The molecule has 0 saturated carbocycles. The van der Waals surface area contributed by atoms with E-state index < -0.39 is 0 Å². The van der Waals surface area contributed by atoms with Crippen molar-refractivity contribution in [3.8, 4) is 17.2 Å². The van der Waals surface area contributed by atoms with Gasteiger partial charge in [0.1, 0.15) is 30.1 Å². The van der Waals surface area contributed by atoms with E-state index in [4.69, 9.17) is 9.47 Å². The molecule has 2 rings (SSSR count). The van der Waals surface area contributed by atoms with E-state index in [0.717, 1.165) is 10.8 Å². The molecule has 0 unspecified atom stereocenters. The first-order valence-corrected chi connectivity index (χ1v) is 6.78. The molecule has 0 spiro atoms. The molecule has 2 aromatic rings. The SMILES string of the molecule is C=CCOc1cc(Oc2ccc(C=O)cc2)ccc1Br. The number of aldehydes is 1. The Bertz CT molecular complexity index is 606. The average molecular weight is 333 g/mol. The summed E-state index contributed by atoms with van der Waals surface area (Å²) < 4.78 is 12.1. The van der Waals surface area contributed by atoms with Crippen LogP contribution in [-0.2, 0) is 0 Å². The van der Waals surface area contributed by atoms with Gasteiger partial charge in [0.25, 0.3) is 0 Å². The van der Waals surface area contributed by atoms with Crippen molar-refractivity contribution in [1.82, 2.24) is 0 Å². The zero-order valence-electron chi connectivity index (χ0n) is 10.7. The van der Waals surface area contributed by atoms with Crippen molar-refractivity contribution < 1.29 is 14.3 Å². The van der Waals surface area contributed by atoms with Crippen LogP contribution < -0.4 is 9.47 Å². The minimum absolute atomic E-state index is 0.427. The molecule has 4 heteroatoms. The Hall–Kier alpha value is -2.07. The number of halogens is 1. The van der Waals surface area contributed by atoms with Crippen LogP contribution in [0.25, 0.3) is 0 Å². The molecule has 0 radical (unpaired) electrons. The minimum Gasteiger partial charge on any atom is -0.488 e. The van der Waals surface area contributed by atoms with Crippen molar-refractivity contribution in [2.75, 3.05) is 6.61 Å². The highest BCUT2D eigenvalue weighted by Gasteiger charge is 2.04. The highest BCUT2D eigenvalue weighted by molar-refractivity contribution is 9.10. The summed E-state index contributed by atoms with van der Waals surface area (Å²) in [4.78, 5) is 10.6. The molecule has 0 aliphatic heterocycles. The summed E-state index contributed by atoms with van der Waals surface area (Å²) in [6, 6.07) is 12.4. The molecule has 20 heavy (non-hydrogen) atoms. The van der Waals surface area contributed by atoms with Crippen LogP contribution in [0.3, 0.4) is 0 Å². The highest BCUT2D eigenvalue weighted by Crippen LogP contribution is 2.31. The fraction of sp³-hybridized carbons (Fsp3) is 0.0625. The lowest BCUT2D eigenvalue weighted by atomic mass is 10.2. The van der Waals surface area contributed by atoms with E-state index in [1.165, 1.54) is 0 Å². The Labute approximate surface area is 126 Å². The van der Waals surface area contributed by atoms with Gasteiger partial charge in [-0.2, -0.15) is 0 Å². The number of ether oxygens (including phenoxy) is 2. The summed E-state index contributed by atoms with van der Waals surface area (Å²) in [6.07, 6.45) is 2.47. The second kappa shape index (κ2) is 6.91. The lowest BCUT2D eigenvalue weighted by Gasteiger charge is -2.10. The maximum Gasteiger partial charge on any atom is 0.150 e. The zero-order chi connectivity index (χ0) is 14.4. The van der Waals surface area contributed by atoms with Crippen molar-refractivity contribution >= 4 is 22.2 Å². The topological polar surface area (TPSA) is 35.5 Å². The molecule has 0 atom stereocenters. The van der Waals surface area contributed by atoms with Crippen molar-refractivity contribution in [3.63, 3.8) is 0 Å². The third-order valence-electron chi connectivity index (χ3n) is 2.51. The first-order chi connectivity index (χ1) is 9.72. The molecule has 3 nitrogen and oxygen atoms in total. The Kier molecular flexibility index (Phi) is 4.96. The van der Waals surface area contributed by atoms with Crippen molar-refractivity contribution in [3.05, 3.63) is 65.2 Å².